The van der Waals surface area contributed by atoms with Crippen molar-refractivity contribution in [2.45, 2.75) is 51.8 Å². The molecule has 186 valence electrons. The second-order valence-electron chi connectivity index (χ2n) is 9.91. The average molecular weight is 560 g/mol. The second-order valence-corrected chi connectivity index (χ2v) is 16.4. The van der Waals surface area contributed by atoms with Gasteiger partial charge in [-0.1, -0.05) is 19.6 Å². The number of hydrogen-bond donors (Lipinski definition) is 1. The molecule has 1 saturated heterocycles. The summed E-state index contributed by atoms with van der Waals surface area (Å²) in [4.78, 5) is 23.9. The number of ether oxygens (including phenoxy) is 2. The van der Waals surface area contributed by atoms with Gasteiger partial charge in [-0.05, 0) is 47.9 Å². The van der Waals surface area contributed by atoms with E-state index in [4.69, 9.17) is 9.47 Å². The molecule has 4 rings (SSSR count). The first-order valence-corrected chi connectivity index (χ1v) is 16.4. The summed E-state index contributed by atoms with van der Waals surface area (Å²) in [5.41, 5.74) is 1.66. The van der Waals surface area contributed by atoms with Crippen LogP contribution in [0.4, 0.5) is 4.79 Å². The number of nitrogens with zero attached hydrogens (tertiary/aromatic N) is 5. The molecule has 1 aliphatic rings. The van der Waals surface area contributed by atoms with Gasteiger partial charge >= 0.3 is 6.09 Å². The molecule has 9 nitrogen and oxygen atoms in total. The number of likely N-dealkylation sites (N-methyl/N-ethyl adjacent to an activating group) is 1. The summed E-state index contributed by atoms with van der Waals surface area (Å²) in [5, 5.41) is 14.1. The van der Waals surface area contributed by atoms with Crippen molar-refractivity contribution in [1.29, 1.82) is 5.26 Å². The lowest BCUT2D eigenvalue weighted by atomic mass is 10.2. The minimum absolute atomic E-state index is 0.0964. The Morgan fingerprint density at radius 3 is 2.83 bits per heavy atom. The Kier molecular flexibility index (Phi) is 7.76. The monoisotopic (exact) mass is 558 g/mol. The van der Waals surface area contributed by atoms with Gasteiger partial charge in [-0.2, -0.15) is 5.26 Å². The van der Waals surface area contributed by atoms with Crippen LogP contribution in [-0.2, 0) is 11.5 Å². The van der Waals surface area contributed by atoms with Gasteiger partial charge in [0.05, 0.1) is 21.6 Å². The summed E-state index contributed by atoms with van der Waals surface area (Å²) < 4.78 is 14.5. The van der Waals surface area contributed by atoms with Gasteiger partial charge in [0.2, 0.25) is 0 Å². The number of nitrogens with one attached hydrogen (secondary N) is 1. The largest absolute Gasteiger partial charge is 0.415 e. The summed E-state index contributed by atoms with van der Waals surface area (Å²) in [6.07, 6.45) is 3.77. The van der Waals surface area contributed by atoms with Crippen LogP contribution in [-0.4, -0.2) is 65.9 Å². The lowest BCUT2D eigenvalue weighted by Crippen LogP contribution is -2.43. The van der Waals surface area contributed by atoms with Gasteiger partial charge in [0, 0.05) is 45.4 Å². The number of halogens is 1. The van der Waals surface area contributed by atoms with Crippen molar-refractivity contribution in [3.63, 3.8) is 0 Å². The van der Waals surface area contributed by atoms with Crippen molar-refractivity contribution in [2.24, 2.45) is 0 Å². The van der Waals surface area contributed by atoms with Gasteiger partial charge in [-0.3, -0.25) is 4.57 Å². The standard InChI is InChI=1S/C24H31BrN6O3Si/c1-5-30(17-6-7-27-12-17)24(32)34-22-19(25)13-29-23-21(22)18-10-16(11-26)28-14-20(18)31(23)15-33-8-9-35(2,3)4/h10,13-14,17,27H,5-9,12,15H2,1-4H3. The number of amides is 1. The highest BCUT2D eigenvalue weighted by molar-refractivity contribution is 9.10. The van der Waals surface area contributed by atoms with Crippen molar-refractivity contribution in [1.82, 2.24) is 24.8 Å². The predicted octanol–water partition coefficient (Wildman–Crippen LogP) is 4.71. The maximum absolute atomic E-state index is 13.2. The molecule has 1 atom stereocenters. The molecule has 3 aromatic heterocycles. The van der Waals surface area contributed by atoms with E-state index < -0.39 is 14.2 Å². The van der Waals surface area contributed by atoms with Crippen molar-refractivity contribution in [3.8, 4) is 11.8 Å². The van der Waals surface area contributed by atoms with Crippen molar-refractivity contribution < 1.29 is 14.3 Å². The number of carbonyl (C=O) groups is 1. The van der Waals surface area contributed by atoms with Crippen molar-refractivity contribution >= 4 is 52.0 Å². The van der Waals surface area contributed by atoms with E-state index in [0.29, 0.717) is 34.4 Å². The van der Waals surface area contributed by atoms with E-state index in [1.165, 1.54) is 0 Å². The molecule has 1 unspecified atom stereocenters. The fourth-order valence-electron chi connectivity index (χ4n) is 4.30. The Morgan fingerprint density at radius 1 is 1.37 bits per heavy atom. The zero-order chi connectivity index (χ0) is 25.2. The van der Waals surface area contributed by atoms with Gasteiger partial charge in [0.25, 0.3) is 0 Å². The summed E-state index contributed by atoms with van der Waals surface area (Å²) in [6.45, 7) is 12.0. The third kappa shape index (κ3) is 5.51. The van der Waals surface area contributed by atoms with Crippen LogP contribution in [0.25, 0.3) is 21.9 Å². The third-order valence-electron chi connectivity index (χ3n) is 6.24. The van der Waals surface area contributed by atoms with Gasteiger partial charge < -0.3 is 19.7 Å². The molecule has 35 heavy (non-hydrogen) atoms. The molecular formula is C24H31BrN6O3Si. The van der Waals surface area contributed by atoms with Crippen LogP contribution in [0.2, 0.25) is 25.7 Å². The summed E-state index contributed by atoms with van der Waals surface area (Å²) in [5.74, 6) is 0.380. The first kappa shape index (κ1) is 25.6. The number of fused-ring (bicyclic) bond motifs is 3. The quantitative estimate of drug-likeness (QED) is 0.315. The predicted molar refractivity (Wildman–Crippen MR) is 141 cm³/mol. The van der Waals surface area contributed by atoms with E-state index in [-0.39, 0.29) is 18.5 Å². The molecule has 11 heteroatoms. The van der Waals surface area contributed by atoms with Crippen LogP contribution in [0.15, 0.2) is 22.9 Å². The summed E-state index contributed by atoms with van der Waals surface area (Å²) in [6, 6.07) is 4.95. The molecule has 4 heterocycles. The van der Waals surface area contributed by atoms with Gasteiger partial charge in [-0.25, -0.2) is 14.8 Å². The second kappa shape index (κ2) is 10.6. The van der Waals surface area contributed by atoms with E-state index in [0.717, 1.165) is 36.5 Å². The van der Waals surface area contributed by atoms with Crippen LogP contribution in [0, 0.1) is 11.3 Å². The lowest BCUT2D eigenvalue weighted by molar-refractivity contribution is 0.0925. The van der Waals surface area contributed by atoms with E-state index in [9.17, 15) is 10.1 Å². The van der Waals surface area contributed by atoms with Crippen LogP contribution in [0.1, 0.15) is 19.0 Å². The van der Waals surface area contributed by atoms with E-state index in [1.807, 2.05) is 11.5 Å². The molecule has 0 bridgehead atoms. The maximum Gasteiger partial charge on any atom is 0.415 e. The van der Waals surface area contributed by atoms with Crippen molar-refractivity contribution in [2.75, 3.05) is 26.2 Å². The topological polar surface area (TPSA) is 105 Å². The average Bonchev–Trinajstić information content (AvgIpc) is 3.45. The van der Waals surface area contributed by atoms with Gasteiger partial charge in [-0.15, -0.1) is 0 Å². The normalized spacial score (nSPS) is 16.1. The molecule has 1 amide bonds. The fourth-order valence-corrected chi connectivity index (χ4v) is 5.44. The van der Waals surface area contributed by atoms with Gasteiger partial charge in [0.15, 0.2) is 5.75 Å². The highest BCUT2D eigenvalue weighted by Gasteiger charge is 2.29. The first-order valence-electron chi connectivity index (χ1n) is 11.9. The zero-order valence-electron chi connectivity index (χ0n) is 20.6. The molecule has 0 saturated carbocycles. The molecule has 0 spiro atoms. The van der Waals surface area contributed by atoms with E-state index in [1.54, 1.807) is 23.4 Å². The first-order chi connectivity index (χ1) is 16.7. The zero-order valence-corrected chi connectivity index (χ0v) is 23.2. The minimum atomic E-state index is -1.23. The SMILES string of the molecule is CCN(C(=O)Oc1c(Br)cnc2c1c1cc(C#N)ncc1n2COCC[Si](C)(C)C)C1CCNC1. The number of nitriles is 1. The number of carbonyl (C=O) groups excluding carboxylic acids is 1. The maximum atomic E-state index is 13.2. The number of aromatic nitrogens is 3. The van der Waals surface area contributed by atoms with E-state index in [2.05, 4.69) is 56.9 Å². The van der Waals surface area contributed by atoms with Gasteiger partial charge in [0.1, 0.15) is 24.1 Å². The molecule has 1 N–H and O–H groups in total. The minimum Gasteiger partial charge on any atom is -0.408 e. The molecule has 0 aliphatic carbocycles. The van der Waals surface area contributed by atoms with E-state index >= 15 is 0 Å². The number of rotatable bonds is 8. The summed E-state index contributed by atoms with van der Waals surface area (Å²) in [7, 11) is -1.23. The Morgan fingerprint density at radius 2 is 2.17 bits per heavy atom. The molecule has 0 aromatic carbocycles. The molecular weight excluding hydrogens is 528 g/mol. The Hall–Kier alpha value is -2.52. The van der Waals surface area contributed by atoms with Crippen molar-refractivity contribution in [3.05, 3.63) is 28.6 Å². The molecule has 1 aliphatic heterocycles. The smallest absolute Gasteiger partial charge is 0.408 e. The Balaban J connectivity index is 1.76. The van der Waals surface area contributed by atoms with Crippen LogP contribution < -0.4 is 10.1 Å². The Bertz CT molecular complexity index is 1280. The fraction of sp³-hybridized carbons (Fsp3) is 0.500. The molecule has 3 aromatic rings. The number of pyridine rings is 2. The van der Waals surface area contributed by atoms with Crippen LogP contribution >= 0.6 is 15.9 Å². The van der Waals surface area contributed by atoms with Crippen LogP contribution in [0.3, 0.4) is 0 Å². The summed E-state index contributed by atoms with van der Waals surface area (Å²) >= 11 is 3.53. The lowest BCUT2D eigenvalue weighted by Gasteiger charge is -2.26. The highest BCUT2D eigenvalue weighted by atomic mass is 79.9. The highest BCUT2D eigenvalue weighted by Crippen LogP contribution is 2.39. The van der Waals surface area contributed by atoms with Crippen LogP contribution in [0.5, 0.6) is 5.75 Å². The number of hydrogen-bond acceptors (Lipinski definition) is 7. The molecule has 1 fully saturated rings. The Labute approximate surface area is 214 Å². The third-order valence-corrected chi connectivity index (χ3v) is 8.51. The molecule has 0 radical (unpaired) electrons.